The third kappa shape index (κ3) is 2.16. The number of aldehydes is 1. The van der Waals surface area contributed by atoms with E-state index >= 15 is 0 Å². The first-order valence-corrected chi connectivity index (χ1v) is 11.8. The van der Waals surface area contributed by atoms with Crippen LogP contribution in [0.4, 0.5) is 0 Å². The van der Waals surface area contributed by atoms with Crippen LogP contribution in [0.15, 0.2) is 12.1 Å². The lowest BCUT2D eigenvalue weighted by Crippen LogP contribution is -2.32. The lowest BCUT2D eigenvalue weighted by Gasteiger charge is -2.42. The third-order valence-electron chi connectivity index (χ3n) is 11.7. The number of phenols is 1. The van der Waals surface area contributed by atoms with Gasteiger partial charge in [0, 0.05) is 5.56 Å². The van der Waals surface area contributed by atoms with Crippen molar-refractivity contribution in [2.75, 3.05) is 0 Å². The van der Waals surface area contributed by atoms with Crippen molar-refractivity contribution in [3.8, 4) is 5.75 Å². The van der Waals surface area contributed by atoms with E-state index in [0.29, 0.717) is 28.4 Å². The van der Waals surface area contributed by atoms with Crippen molar-refractivity contribution in [2.24, 2.45) is 33.5 Å². The van der Waals surface area contributed by atoms with Gasteiger partial charge in [-0.25, -0.2) is 0 Å². The zero-order valence-electron chi connectivity index (χ0n) is 19.1. The minimum Gasteiger partial charge on any atom is -0.507 e. The van der Waals surface area contributed by atoms with Crippen molar-refractivity contribution in [1.29, 1.82) is 0 Å². The molecule has 4 aliphatic carbocycles. The summed E-state index contributed by atoms with van der Waals surface area (Å²) in [5, 5.41) is 11.6. The van der Waals surface area contributed by atoms with Crippen LogP contribution >= 0.6 is 0 Å². The van der Waals surface area contributed by atoms with Gasteiger partial charge in [0.25, 0.3) is 0 Å². The molecule has 2 heteroatoms. The Hall–Kier alpha value is -1.31. The number of fused-ring (bicyclic) bond motifs is 4. The molecule has 0 aliphatic heterocycles. The predicted octanol–water partition coefficient (Wildman–Crippen LogP) is 7.06. The van der Waals surface area contributed by atoms with Crippen molar-refractivity contribution in [3.05, 3.63) is 28.8 Å². The number of hydrogen-bond acceptors (Lipinski definition) is 2. The lowest BCUT2D eigenvalue weighted by molar-refractivity contribution is 0.112. The highest BCUT2D eigenvalue weighted by molar-refractivity contribution is 5.77. The summed E-state index contributed by atoms with van der Waals surface area (Å²) in [6, 6.07) is 4.03. The van der Waals surface area contributed by atoms with Crippen LogP contribution in [0.1, 0.15) is 113 Å². The summed E-state index contributed by atoms with van der Waals surface area (Å²) in [5.74, 6) is 2.67. The average Bonchev–Trinajstić information content (AvgIpc) is 3.19. The maximum atomic E-state index is 11.9. The van der Waals surface area contributed by atoms with Gasteiger partial charge in [-0.05, 0) is 107 Å². The van der Waals surface area contributed by atoms with E-state index in [1.54, 1.807) is 0 Å². The molecule has 29 heavy (non-hydrogen) atoms. The molecule has 0 aromatic heterocycles. The first kappa shape index (κ1) is 19.6. The zero-order valence-corrected chi connectivity index (χ0v) is 19.1. The molecule has 6 unspecified atom stereocenters. The Labute approximate surface area is 176 Å². The Morgan fingerprint density at radius 3 is 1.52 bits per heavy atom. The third-order valence-corrected chi connectivity index (χ3v) is 11.7. The van der Waals surface area contributed by atoms with Gasteiger partial charge in [0.15, 0.2) is 0 Å². The molecular weight excluding hydrogens is 356 g/mol. The number of benzene rings is 1. The van der Waals surface area contributed by atoms with Crippen LogP contribution in [-0.4, -0.2) is 11.4 Å². The molecule has 4 saturated carbocycles. The molecule has 0 saturated heterocycles. The van der Waals surface area contributed by atoms with Crippen LogP contribution in [0.2, 0.25) is 0 Å². The van der Waals surface area contributed by atoms with Crippen LogP contribution in [0.3, 0.4) is 0 Å². The van der Waals surface area contributed by atoms with E-state index in [9.17, 15) is 9.90 Å². The highest BCUT2D eigenvalue weighted by Crippen LogP contribution is 2.74. The average molecular weight is 395 g/mol. The van der Waals surface area contributed by atoms with E-state index in [0.717, 1.165) is 47.7 Å². The Morgan fingerprint density at radius 1 is 0.828 bits per heavy atom. The van der Waals surface area contributed by atoms with Crippen molar-refractivity contribution < 1.29 is 9.90 Å². The number of carbonyl (C=O) groups is 1. The Balaban J connectivity index is 1.63. The van der Waals surface area contributed by atoms with Gasteiger partial charge in [0.1, 0.15) is 12.0 Å². The molecule has 4 aliphatic rings. The summed E-state index contributed by atoms with van der Waals surface area (Å²) in [5.41, 5.74) is 3.86. The van der Waals surface area contributed by atoms with Gasteiger partial charge in [-0.1, -0.05) is 41.5 Å². The first-order chi connectivity index (χ1) is 13.5. The molecule has 5 rings (SSSR count). The molecule has 1 aromatic carbocycles. The second-order valence-electron chi connectivity index (χ2n) is 12.5. The molecule has 158 valence electrons. The molecule has 0 heterocycles. The summed E-state index contributed by atoms with van der Waals surface area (Å²) >= 11 is 0. The van der Waals surface area contributed by atoms with Gasteiger partial charge in [0.05, 0.1) is 0 Å². The summed E-state index contributed by atoms with van der Waals surface area (Å²) in [6.45, 7) is 14.5. The Kier molecular flexibility index (Phi) is 3.85. The van der Waals surface area contributed by atoms with Gasteiger partial charge in [-0.3, -0.25) is 4.79 Å². The van der Waals surface area contributed by atoms with E-state index in [-0.39, 0.29) is 10.8 Å². The summed E-state index contributed by atoms with van der Waals surface area (Å²) in [6.07, 6.45) is 8.35. The maximum absolute atomic E-state index is 11.9. The molecule has 6 atom stereocenters. The van der Waals surface area contributed by atoms with E-state index in [1.165, 1.54) is 25.7 Å². The van der Waals surface area contributed by atoms with Crippen molar-refractivity contribution in [2.45, 2.75) is 91.9 Å². The fourth-order valence-corrected chi connectivity index (χ4v) is 8.65. The predicted molar refractivity (Wildman–Crippen MR) is 117 cm³/mol. The molecule has 0 radical (unpaired) electrons. The summed E-state index contributed by atoms with van der Waals surface area (Å²) < 4.78 is 0. The summed E-state index contributed by atoms with van der Waals surface area (Å²) in [4.78, 5) is 11.9. The molecule has 1 N–H and O–H groups in total. The summed E-state index contributed by atoms with van der Waals surface area (Å²) in [7, 11) is 0. The van der Waals surface area contributed by atoms with Crippen LogP contribution in [0.25, 0.3) is 0 Å². The minimum atomic E-state index is 0.200. The van der Waals surface area contributed by atoms with E-state index < -0.39 is 0 Å². The van der Waals surface area contributed by atoms with E-state index in [2.05, 4.69) is 41.5 Å². The molecular formula is C27H38O2. The van der Waals surface area contributed by atoms with Crippen molar-refractivity contribution in [3.63, 3.8) is 0 Å². The van der Waals surface area contributed by atoms with Crippen LogP contribution in [0, 0.1) is 33.5 Å². The maximum Gasteiger partial charge on any atom is 0.150 e. The van der Waals surface area contributed by atoms with Crippen molar-refractivity contribution in [1.82, 2.24) is 0 Å². The number of aromatic hydroxyl groups is 1. The number of phenolic OH excluding ortho intramolecular Hbond substituents is 1. The Bertz CT molecular complexity index is 816. The molecule has 2 nitrogen and oxygen atoms in total. The standard InChI is InChI=1S/C27H38O2/c1-24(2)17-7-9-26(24,5)21(13-17)19-11-16(15-28)12-20(23(19)29)22-14-18-8-10-27(22,6)25(18,3)4/h11-12,15,17-18,21-22,29H,7-10,13-14H2,1-6H3. The normalized spacial score (nSPS) is 43.8. The monoisotopic (exact) mass is 394 g/mol. The highest BCUT2D eigenvalue weighted by atomic mass is 16.3. The van der Waals surface area contributed by atoms with E-state index in [4.69, 9.17) is 0 Å². The minimum absolute atomic E-state index is 0.200. The number of carbonyl (C=O) groups excluding carboxylic acids is 1. The molecule has 0 amide bonds. The quantitative estimate of drug-likeness (QED) is 0.557. The number of hydrogen-bond donors (Lipinski definition) is 1. The second kappa shape index (κ2) is 5.68. The molecule has 4 bridgehead atoms. The Morgan fingerprint density at radius 2 is 1.24 bits per heavy atom. The van der Waals surface area contributed by atoms with E-state index in [1.807, 2.05) is 12.1 Å². The molecule has 4 fully saturated rings. The fraction of sp³-hybridized carbons (Fsp3) is 0.741. The molecule has 1 aromatic rings. The van der Waals surface area contributed by atoms with Gasteiger partial charge in [-0.15, -0.1) is 0 Å². The highest BCUT2D eigenvalue weighted by Gasteiger charge is 2.63. The fourth-order valence-electron chi connectivity index (χ4n) is 8.65. The van der Waals surface area contributed by atoms with Gasteiger partial charge < -0.3 is 5.11 Å². The largest absolute Gasteiger partial charge is 0.507 e. The number of rotatable bonds is 3. The van der Waals surface area contributed by atoms with Gasteiger partial charge in [0.2, 0.25) is 0 Å². The SMILES string of the molecule is CC1(C)C2CCC1(C)C(c1cc(C=O)cc(C3CC4CCC3(C)C4(C)C)c1O)C2. The lowest BCUT2D eigenvalue weighted by atomic mass is 9.63. The topological polar surface area (TPSA) is 37.3 Å². The second-order valence-corrected chi connectivity index (χ2v) is 12.5. The first-order valence-electron chi connectivity index (χ1n) is 11.8. The molecule has 0 spiro atoms. The van der Waals surface area contributed by atoms with Crippen LogP contribution < -0.4 is 0 Å². The van der Waals surface area contributed by atoms with Gasteiger partial charge in [-0.2, -0.15) is 0 Å². The van der Waals surface area contributed by atoms with Crippen LogP contribution in [-0.2, 0) is 0 Å². The van der Waals surface area contributed by atoms with Crippen LogP contribution in [0.5, 0.6) is 5.75 Å². The van der Waals surface area contributed by atoms with Crippen molar-refractivity contribution >= 4 is 6.29 Å². The zero-order chi connectivity index (χ0) is 21.0. The van der Waals surface area contributed by atoms with Gasteiger partial charge >= 0.3 is 0 Å². The smallest absolute Gasteiger partial charge is 0.150 e.